The molecule has 0 spiro atoms. The molecule has 1 nitrogen and oxygen atoms in total. The average Bonchev–Trinajstić information content (AvgIpc) is 1.90. The molecule has 0 rings (SSSR count). The van der Waals surface area contributed by atoms with Gasteiger partial charge in [-0.2, -0.15) is 0 Å². The first kappa shape index (κ1) is 12.0. The van der Waals surface area contributed by atoms with Crippen LogP contribution in [0.2, 0.25) is 0 Å². The lowest BCUT2D eigenvalue weighted by Gasteiger charge is -1.99. The minimum atomic E-state index is 0.824. The molecule has 0 fully saturated rings. The molecule has 0 unspecified atom stereocenters. The Hall–Kier alpha value is -0.720. The molecule has 0 atom stereocenters. The van der Waals surface area contributed by atoms with Crippen molar-refractivity contribution in [3.8, 4) is 0 Å². The highest BCUT2D eigenvalue weighted by Crippen LogP contribution is 2.03. The van der Waals surface area contributed by atoms with Crippen LogP contribution in [0, 0.1) is 0 Å². The molecule has 0 radical (unpaired) electrons. The van der Waals surface area contributed by atoms with Gasteiger partial charge in [-0.1, -0.05) is 26.0 Å². The summed E-state index contributed by atoms with van der Waals surface area (Å²) in [6.07, 6.45) is 0. The number of hydrogen-bond donors (Lipinski definition) is 1. The van der Waals surface area contributed by atoms with Gasteiger partial charge in [0.15, 0.2) is 0 Å². The minimum absolute atomic E-state index is 0.824. The molecule has 0 bridgehead atoms. The lowest BCUT2D eigenvalue weighted by Crippen LogP contribution is -1.99. The van der Waals surface area contributed by atoms with E-state index in [2.05, 4.69) is 6.58 Å². The molecule has 0 aromatic heterocycles. The Morgan fingerprint density at radius 2 is 1.40 bits per heavy atom. The van der Waals surface area contributed by atoms with E-state index in [1.54, 1.807) is 0 Å². The number of rotatable bonds is 1. The van der Waals surface area contributed by atoms with Crippen molar-refractivity contribution in [3.05, 3.63) is 23.4 Å². The normalized spacial score (nSPS) is 7.30. The summed E-state index contributed by atoms with van der Waals surface area (Å²) in [7, 11) is 0. The standard InChI is InChI=1S/C7H13N.C2H6/c1-5(2)7(8)6(3)4;1-2/h1,8H2,2-4H3;1-2H3. The van der Waals surface area contributed by atoms with Crippen LogP contribution in [-0.4, -0.2) is 0 Å². The molecule has 2 N–H and O–H groups in total. The molecule has 0 aliphatic carbocycles. The molecule has 60 valence electrons. The first-order chi connectivity index (χ1) is 4.55. The van der Waals surface area contributed by atoms with Crippen molar-refractivity contribution < 1.29 is 0 Å². The fourth-order valence-corrected chi connectivity index (χ4v) is 0.427. The predicted octanol–water partition coefficient (Wildman–Crippen LogP) is 2.84. The van der Waals surface area contributed by atoms with Crippen molar-refractivity contribution in [2.75, 3.05) is 0 Å². The Kier molecular flexibility index (Phi) is 7.68. The maximum absolute atomic E-state index is 5.54. The van der Waals surface area contributed by atoms with E-state index in [4.69, 9.17) is 5.73 Å². The SMILES string of the molecule is C=C(C)C(N)=C(C)C.CC. The Morgan fingerprint density at radius 1 is 1.10 bits per heavy atom. The molecule has 0 heterocycles. The molecule has 0 aliphatic heterocycles. The lowest BCUT2D eigenvalue weighted by molar-refractivity contribution is 1.20. The van der Waals surface area contributed by atoms with Gasteiger partial charge in [0.2, 0.25) is 0 Å². The van der Waals surface area contributed by atoms with Crippen LogP contribution in [-0.2, 0) is 0 Å². The van der Waals surface area contributed by atoms with Crippen molar-refractivity contribution in [1.29, 1.82) is 0 Å². The van der Waals surface area contributed by atoms with Crippen LogP contribution in [0.1, 0.15) is 34.6 Å². The number of nitrogens with two attached hydrogens (primary N) is 1. The summed E-state index contributed by atoms with van der Waals surface area (Å²) in [5, 5.41) is 0. The second-order valence-electron chi connectivity index (χ2n) is 2.19. The van der Waals surface area contributed by atoms with Crippen LogP contribution in [0.25, 0.3) is 0 Å². The summed E-state index contributed by atoms with van der Waals surface area (Å²) in [6, 6.07) is 0. The second-order valence-corrected chi connectivity index (χ2v) is 2.19. The zero-order valence-corrected chi connectivity index (χ0v) is 7.78. The molecule has 0 aliphatic rings. The van der Waals surface area contributed by atoms with Gasteiger partial charge in [0.1, 0.15) is 0 Å². The van der Waals surface area contributed by atoms with E-state index < -0.39 is 0 Å². The first-order valence-electron chi connectivity index (χ1n) is 3.64. The number of hydrogen-bond acceptors (Lipinski definition) is 1. The summed E-state index contributed by atoms with van der Waals surface area (Å²) in [6.45, 7) is 13.6. The summed E-state index contributed by atoms with van der Waals surface area (Å²) < 4.78 is 0. The van der Waals surface area contributed by atoms with Gasteiger partial charge in [-0.05, 0) is 26.3 Å². The van der Waals surface area contributed by atoms with Crippen molar-refractivity contribution in [2.45, 2.75) is 34.6 Å². The third kappa shape index (κ3) is 5.42. The highest BCUT2D eigenvalue weighted by atomic mass is 14.6. The molecule has 1 heteroatoms. The van der Waals surface area contributed by atoms with Crippen LogP contribution in [0.4, 0.5) is 0 Å². The quantitative estimate of drug-likeness (QED) is 0.558. The van der Waals surface area contributed by atoms with Gasteiger partial charge in [-0.15, -0.1) is 0 Å². The Morgan fingerprint density at radius 3 is 1.40 bits per heavy atom. The molecule has 0 amide bonds. The molecule has 0 saturated carbocycles. The fourth-order valence-electron chi connectivity index (χ4n) is 0.427. The van der Waals surface area contributed by atoms with E-state index in [1.165, 1.54) is 0 Å². The number of allylic oxidation sites excluding steroid dienone is 2. The second kappa shape index (κ2) is 6.40. The van der Waals surface area contributed by atoms with Gasteiger partial charge in [-0.25, -0.2) is 0 Å². The third-order valence-electron chi connectivity index (χ3n) is 0.998. The molecule has 0 aromatic rings. The summed E-state index contributed by atoms with van der Waals surface area (Å²) in [5.74, 6) is 0. The van der Waals surface area contributed by atoms with E-state index in [0.29, 0.717) is 0 Å². The third-order valence-corrected chi connectivity index (χ3v) is 0.998. The van der Waals surface area contributed by atoms with Gasteiger partial charge in [0.05, 0.1) is 0 Å². The molecule has 10 heavy (non-hydrogen) atoms. The zero-order valence-electron chi connectivity index (χ0n) is 7.78. The topological polar surface area (TPSA) is 26.0 Å². The summed E-state index contributed by atoms with van der Waals surface area (Å²) in [5.41, 5.74) is 8.45. The van der Waals surface area contributed by atoms with Crippen molar-refractivity contribution in [1.82, 2.24) is 0 Å². The monoisotopic (exact) mass is 141 g/mol. The van der Waals surface area contributed by atoms with E-state index in [-0.39, 0.29) is 0 Å². The maximum Gasteiger partial charge on any atom is 0.0324 e. The van der Waals surface area contributed by atoms with Crippen molar-refractivity contribution >= 4 is 0 Å². The Balaban J connectivity index is 0. The Labute approximate surface area is 64.6 Å². The molecule has 0 aromatic carbocycles. The van der Waals surface area contributed by atoms with E-state index in [9.17, 15) is 0 Å². The zero-order chi connectivity index (χ0) is 8.73. The largest absolute Gasteiger partial charge is 0.399 e. The highest BCUT2D eigenvalue weighted by molar-refractivity contribution is 5.26. The van der Waals surface area contributed by atoms with Crippen LogP contribution in [0.5, 0.6) is 0 Å². The van der Waals surface area contributed by atoms with Gasteiger partial charge in [0, 0.05) is 5.70 Å². The lowest BCUT2D eigenvalue weighted by atomic mass is 10.2. The van der Waals surface area contributed by atoms with E-state index in [1.807, 2.05) is 34.6 Å². The van der Waals surface area contributed by atoms with Gasteiger partial charge in [-0.3, -0.25) is 0 Å². The molecular weight excluding hydrogens is 122 g/mol. The van der Waals surface area contributed by atoms with E-state index in [0.717, 1.165) is 16.8 Å². The van der Waals surface area contributed by atoms with Crippen molar-refractivity contribution in [3.63, 3.8) is 0 Å². The fraction of sp³-hybridized carbons (Fsp3) is 0.556. The predicted molar refractivity (Wildman–Crippen MR) is 48.7 cm³/mol. The highest BCUT2D eigenvalue weighted by Gasteiger charge is 1.89. The summed E-state index contributed by atoms with van der Waals surface area (Å²) >= 11 is 0. The van der Waals surface area contributed by atoms with Crippen LogP contribution in [0.15, 0.2) is 23.4 Å². The molecular formula is C9H19N. The van der Waals surface area contributed by atoms with Crippen LogP contribution < -0.4 is 5.73 Å². The van der Waals surface area contributed by atoms with Gasteiger partial charge in [0.25, 0.3) is 0 Å². The van der Waals surface area contributed by atoms with Crippen LogP contribution >= 0.6 is 0 Å². The average molecular weight is 141 g/mol. The van der Waals surface area contributed by atoms with Crippen molar-refractivity contribution in [2.24, 2.45) is 5.73 Å². The minimum Gasteiger partial charge on any atom is -0.399 e. The first-order valence-corrected chi connectivity index (χ1v) is 3.64. The van der Waals surface area contributed by atoms with E-state index >= 15 is 0 Å². The maximum atomic E-state index is 5.54. The van der Waals surface area contributed by atoms with Gasteiger partial charge < -0.3 is 5.73 Å². The van der Waals surface area contributed by atoms with Gasteiger partial charge >= 0.3 is 0 Å². The Bertz CT molecular complexity index is 128. The van der Waals surface area contributed by atoms with Crippen LogP contribution in [0.3, 0.4) is 0 Å². The smallest absolute Gasteiger partial charge is 0.0324 e. The summed E-state index contributed by atoms with van der Waals surface area (Å²) in [4.78, 5) is 0. The molecule has 0 saturated heterocycles.